The quantitative estimate of drug-likeness (QED) is 0.848. The fraction of sp³-hybridized carbons (Fsp3) is 0.400. The van der Waals surface area contributed by atoms with Gasteiger partial charge in [0.05, 0.1) is 23.3 Å². The molecule has 1 aromatic heterocycles. The van der Waals surface area contributed by atoms with E-state index < -0.39 is 9.84 Å². The van der Waals surface area contributed by atoms with Crippen molar-refractivity contribution in [1.82, 2.24) is 5.16 Å². The summed E-state index contributed by atoms with van der Waals surface area (Å²) in [7, 11) is -3.23. The monoisotopic (exact) mass is 307 g/mol. The van der Waals surface area contributed by atoms with Gasteiger partial charge >= 0.3 is 0 Å². The molecule has 0 saturated carbocycles. The largest absolute Gasteiger partial charge is 0.377 e. The second-order valence-electron chi connectivity index (χ2n) is 5.24. The summed E-state index contributed by atoms with van der Waals surface area (Å²) in [5.41, 5.74) is 1.32. The Morgan fingerprint density at radius 2 is 2.05 bits per heavy atom. The average molecular weight is 307 g/mol. The van der Waals surface area contributed by atoms with Crippen LogP contribution in [0.5, 0.6) is 0 Å². The van der Waals surface area contributed by atoms with Crippen LogP contribution in [0, 0.1) is 0 Å². The molecule has 1 aliphatic heterocycles. The van der Waals surface area contributed by atoms with Crippen molar-refractivity contribution in [3.63, 3.8) is 0 Å². The smallest absolute Gasteiger partial charge is 0.167 e. The second-order valence-corrected chi connectivity index (χ2v) is 7.35. The van der Waals surface area contributed by atoms with E-state index in [1.807, 2.05) is 30.3 Å². The molecule has 112 valence electrons. The topological polar surface area (TPSA) is 69.4 Å². The number of nitrogens with zero attached hydrogens (tertiary/aromatic N) is 1. The first kappa shape index (κ1) is 14.3. The molecular weight excluding hydrogens is 290 g/mol. The van der Waals surface area contributed by atoms with Crippen molar-refractivity contribution in [3.8, 4) is 11.3 Å². The van der Waals surface area contributed by atoms with E-state index in [9.17, 15) is 8.42 Å². The van der Waals surface area contributed by atoms with E-state index in [4.69, 9.17) is 9.26 Å². The molecule has 1 aromatic carbocycles. The fourth-order valence-corrected chi connectivity index (χ4v) is 4.00. The molecule has 0 aliphatic carbocycles. The molecule has 21 heavy (non-hydrogen) atoms. The summed E-state index contributed by atoms with van der Waals surface area (Å²) >= 11 is 0. The molecule has 1 saturated heterocycles. The molecule has 3 rings (SSSR count). The predicted octanol–water partition coefficient (Wildman–Crippen LogP) is 2.44. The van der Waals surface area contributed by atoms with Crippen LogP contribution in [0.3, 0.4) is 0 Å². The third-order valence-corrected chi connectivity index (χ3v) is 5.06. The van der Waals surface area contributed by atoms with E-state index >= 15 is 0 Å². The highest BCUT2D eigenvalue weighted by Gasteiger charge is 2.24. The van der Waals surface area contributed by atoms with E-state index in [0.29, 0.717) is 18.1 Å². The molecule has 6 heteroatoms. The van der Waals surface area contributed by atoms with Crippen LogP contribution in [-0.4, -0.2) is 32.0 Å². The number of rotatable bonds is 5. The minimum Gasteiger partial charge on any atom is -0.377 e. The van der Waals surface area contributed by atoms with Gasteiger partial charge in [-0.2, -0.15) is 0 Å². The van der Waals surface area contributed by atoms with E-state index in [2.05, 4.69) is 5.16 Å². The molecule has 1 aliphatic rings. The second kappa shape index (κ2) is 5.99. The highest BCUT2D eigenvalue weighted by Crippen LogP contribution is 2.22. The van der Waals surface area contributed by atoms with Crippen molar-refractivity contribution in [2.75, 3.05) is 12.4 Å². The summed E-state index contributed by atoms with van der Waals surface area (Å²) in [4.78, 5) is 0. The molecule has 2 heterocycles. The Morgan fingerprint density at radius 3 is 2.76 bits per heavy atom. The lowest BCUT2D eigenvalue weighted by molar-refractivity contribution is 0.127. The fourth-order valence-electron chi connectivity index (χ4n) is 2.46. The van der Waals surface area contributed by atoms with Crippen LogP contribution in [0.2, 0.25) is 0 Å². The Bertz CT molecular complexity index is 687. The Morgan fingerprint density at radius 1 is 1.24 bits per heavy atom. The molecule has 0 N–H and O–H groups in total. The number of benzene rings is 1. The SMILES string of the molecule is O=S(=O)(Cc1cc(-c2ccccc2)on1)C[C@@H]1CCCO1. The molecule has 2 aromatic rings. The Balaban J connectivity index is 1.69. The Labute approximate surface area is 123 Å². The summed E-state index contributed by atoms with van der Waals surface area (Å²) in [6, 6.07) is 11.2. The van der Waals surface area contributed by atoms with E-state index in [-0.39, 0.29) is 17.6 Å². The van der Waals surface area contributed by atoms with Gasteiger partial charge in [-0.25, -0.2) is 8.42 Å². The minimum absolute atomic E-state index is 0.0561. The zero-order valence-electron chi connectivity index (χ0n) is 11.6. The number of ether oxygens (including phenoxy) is 1. The lowest BCUT2D eigenvalue weighted by Crippen LogP contribution is -2.21. The highest BCUT2D eigenvalue weighted by molar-refractivity contribution is 7.90. The normalized spacial score (nSPS) is 19.0. The number of aromatic nitrogens is 1. The van der Waals surface area contributed by atoms with Gasteiger partial charge in [0.25, 0.3) is 0 Å². The Kier molecular flexibility index (Phi) is 4.07. The van der Waals surface area contributed by atoms with Gasteiger partial charge in [-0.05, 0) is 12.8 Å². The third-order valence-electron chi connectivity index (χ3n) is 3.45. The summed E-state index contributed by atoms with van der Waals surface area (Å²) in [5.74, 6) is 0.530. The van der Waals surface area contributed by atoms with Crippen LogP contribution in [-0.2, 0) is 20.3 Å². The molecule has 0 amide bonds. The molecule has 0 spiro atoms. The van der Waals surface area contributed by atoms with Gasteiger partial charge in [0, 0.05) is 18.2 Å². The zero-order valence-corrected chi connectivity index (χ0v) is 12.4. The van der Waals surface area contributed by atoms with E-state index in [1.165, 1.54) is 0 Å². The summed E-state index contributed by atoms with van der Waals surface area (Å²) in [6.07, 6.45) is 1.57. The van der Waals surface area contributed by atoms with Gasteiger partial charge < -0.3 is 9.26 Å². The first-order chi connectivity index (χ1) is 10.1. The van der Waals surface area contributed by atoms with Gasteiger partial charge in [0.1, 0.15) is 0 Å². The van der Waals surface area contributed by atoms with Gasteiger partial charge in [0.2, 0.25) is 0 Å². The maximum absolute atomic E-state index is 12.1. The molecule has 1 fully saturated rings. The lowest BCUT2D eigenvalue weighted by atomic mass is 10.2. The van der Waals surface area contributed by atoms with Gasteiger partial charge in [-0.15, -0.1) is 0 Å². The highest BCUT2D eigenvalue weighted by atomic mass is 32.2. The van der Waals surface area contributed by atoms with E-state index in [0.717, 1.165) is 18.4 Å². The van der Waals surface area contributed by atoms with Crippen LogP contribution >= 0.6 is 0 Å². The molecule has 5 nitrogen and oxygen atoms in total. The van der Waals surface area contributed by atoms with Crippen molar-refractivity contribution < 1.29 is 17.7 Å². The average Bonchev–Trinajstić information content (AvgIpc) is 3.10. The number of hydrogen-bond acceptors (Lipinski definition) is 5. The summed E-state index contributed by atoms with van der Waals surface area (Å²) in [6.45, 7) is 0.655. The van der Waals surface area contributed by atoms with Crippen molar-refractivity contribution >= 4 is 9.84 Å². The van der Waals surface area contributed by atoms with Crippen molar-refractivity contribution in [2.24, 2.45) is 0 Å². The molecule has 1 atom stereocenters. The molecular formula is C15H17NO4S. The van der Waals surface area contributed by atoms with Crippen molar-refractivity contribution in [1.29, 1.82) is 0 Å². The third kappa shape index (κ3) is 3.71. The van der Waals surface area contributed by atoms with Crippen LogP contribution in [0.15, 0.2) is 40.9 Å². The first-order valence-corrected chi connectivity index (χ1v) is 8.77. The predicted molar refractivity (Wildman–Crippen MR) is 78.4 cm³/mol. The standard InChI is InChI=1S/C15H17NO4S/c17-21(18,11-14-7-4-8-19-14)10-13-9-15(20-16-13)12-5-2-1-3-6-12/h1-3,5-6,9,14H,4,7-8,10-11H2/t14-/m0/s1. The first-order valence-electron chi connectivity index (χ1n) is 6.95. The van der Waals surface area contributed by atoms with Crippen LogP contribution < -0.4 is 0 Å². The van der Waals surface area contributed by atoms with Crippen LogP contribution in [0.4, 0.5) is 0 Å². The maximum Gasteiger partial charge on any atom is 0.167 e. The Hall–Kier alpha value is -1.66. The van der Waals surface area contributed by atoms with Gasteiger partial charge in [-0.1, -0.05) is 35.5 Å². The van der Waals surface area contributed by atoms with Crippen LogP contribution in [0.25, 0.3) is 11.3 Å². The number of hydrogen-bond donors (Lipinski definition) is 0. The summed E-state index contributed by atoms with van der Waals surface area (Å²) in [5, 5.41) is 3.86. The number of sulfone groups is 1. The van der Waals surface area contributed by atoms with Crippen molar-refractivity contribution in [2.45, 2.75) is 24.7 Å². The molecule has 0 bridgehead atoms. The maximum atomic E-state index is 12.1. The molecule has 0 unspecified atom stereocenters. The van der Waals surface area contributed by atoms with Crippen molar-refractivity contribution in [3.05, 3.63) is 42.1 Å². The minimum atomic E-state index is -3.23. The van der Waals surface area contributed by atoms with E-state index in [1.54, 1.807) is 6.07 Å². The summed E-state index contributed by atoms with van der Waals surface area (Å²) < 4.78 is 34.9. The van der Waals surface area contributed by atoms with Gasteiger partial charge in [0.15, 0.2) is 15.6 Å². The zero-order chi connectivity index (χ0) is 14.7. The lowest BCUT2D eigenvalue weighted by Gasteiger charge is -2.08. The molecule has 0 radical (unpaired) electrons. The van der Waals surface area contributed by atoms with Gasteiger partial charge in [-0.3, -0.25) is 0 Å². The van der Waals surface area contributed by atoms with Crippen LogP contribution in [0.1, 0.15) is 18.5 Å².